The highest BCUT2D eigenvalue weighted by Crippen LogP contribution is 2.16. The van der Waals surface area contributed by atoms with Crippen LogP contribution in [0.1, 0.15) is 44.4 Å². The summed E-state index contributed by atoms with van der Waals surface area (Å²) < 4.78 is 0. The molecule has 0 aliphatic heterocycles. The van der Waals surface area contributed by atoms with Crippen LogP contribution in [0, 0.1) is 18.8 Å². The molecule has 19 heavy (non-hydrogen) atoms. The van der Waals surface area contributed by atoms with E-state index in [2.05, 4.69) is 50.4 Å². The smallest absolute Gasteiger partial charge is 0.224 e. The van der Waals surface area contributed by atoms with Crippen LogP contribution in [-0.4, -0.2) is 12.5 Å². The van der Waals surface area contributed by atoms with Crippen LogP contribution in [0.15, 0.2) is 24.3 Å². The number of aryl methyl sites for hydroxylation is 1. The molecule has 2 atom stereocenters. The van der Waals surface area contributed by atoms with Crippen molar-refractivity contribution in [2.45, 2.75) is 40.2 Å². The molecule has 1 unspecified atom stereocenters. The van der Waals surface area contributed by atoms with Crippen molar-refractivity contribution in [3.63, 3.8) is 0 Å². The van der Waals surface area contributed by atoms with E-state index < -0.39 is 0 Å². The predicted octanol–water partition coefficient (Wildman–Crippen LogP) is 2.79. The Bertz CT molecular complexity index is 398. The average molecular weight is 262 g/mol. The van der Waals surface area contributed by atoms with E-state index >= 15 is 0 Å². The molecule has 1 rings (SSSR count). The summed E-state index contributed by atoms with van der Waals surface area (Å²) in [5.74, 6) is 0.450. The Kier molecular flexibility index (Phi) is 6.03. The summed E-state index contributed by atoms with van der Waals surface area (Å²) in [4.78, 5) is 12.2. The molecule has 3 nitrogen and oxygen atoms in total. The van der Waals surface area contributed by atoms with Gasteiger partial charge in [0.05, 0.1) is 12.0 Å². The van der Waals surface area contributed by atoms with E-state index in [-0.39, 0.29) is 17.9 Å². The van der Waals surface area contributed by atoms with Gasteiger partial charge in [0.25, 0.3) is 0 Å². The maximum Gasteiger partial charge on any atom is 0.224 e. The number of rotatable bonds is 6. The van der Waals surface area contributed by atoms with Crippen LogP contribution >= 0.6 is 0 Å². The largest absolute Gasteiger partial charge is 0.349 e. The molecule has 0 aliphatic rings. The molecule has 0 radical (unpaired) electrons. The number of amides is 1. The van der Waals surface area contributed by atoms with E-state index in [1.165, 1.54) is 5.56 Å². The van der Waals surface area contributed by atoms with Crippen molar-refractivity contribution >= 4 is 5.91 Å². The van der Waals surface area contributed by atoms with Gasteiger partial charge in [-0.2, -0.15) is 0 Å². The van der Waals surface area contributed by atoms with Crippen LogP contribution in [0.2, 0.25) is 0 Å². The summed E-state index contributed by atoms with van der Waals surface area (Å²) in [6.45, 7) is 8.69. The molecular formula is C16H26N2O. The van der Waals surface area contributed by atoms with Gasteiger partial charge < -0.3 is 11.1 Å². The van der Waals surface area contributed by atoms with Crippen LogP contribution in [-0.2, 0) is 4.79 Å². The van der Waals surface area contributed by atoms with Gasteiger partial charge in [-0.25, -0.2) is 0 Å². The van der Waals surface area contributed by atoms with Crippen LogP contribution in [0.25, 0.3) is 0 Å². The van der Waals surface area contributed by atoms with E-state index in [4.69, 9.17) is 5.73 Å². The lowest BCUT2D eigenvalue weighted by atomic mass is 9.95. The lowest BCUT2D eigenvalue weighted by Crippen LogP contribution is -2.37. The first-order valence-electron chi connectivity index (χ1n) is 7.01. The standard InChI is InChI=1S/C16H26N2O/c1-11(2)9-15(10-17)16(19)18-13(4)14-7-5-12(3)6-8-14/h5-8,11,13,15H,9-10,17H2,1-4H3,(H,18,19)/t13-,15?/m1/s1. The molecule has 0 heterocycles. The third kappa shape index (κ3) is 5.03. The number of hydrogen-bond donors (Lipinski definition) is 2. The minimum atomic E-state index is -0.0899. The van der Waals surface area contributed by atoms with E-state index in [0.29, 0.717) is 12.5 Å². The predicted molar refractivity (Wildman–Crippen MR) is 79.7 cm³/mol. The molecule has 3 heteroatoms. The Morgan fingerprint density at radius 1 is 1.21 bits per heavy atom. The van der Waals surface area contributed by atoms with E-state index in [1.54, 1.807) is 0 Å². The van der Waals surface area contributed by atoms with Crippen LogP contribution in [0.4, 0.5) is 0 Å². The first-order chi connectivity index (χ1) is 8.93. The van der Waals surface area contributed by atoms with Crippen molar-refractivity contribution in [2.75, 3.05) is 6.54 Å². The highest BCUT2D eigenvalue weighted by molar-refractivity contribution is 5.79. The molecule has 106 valence electrons. The number of hydrogen-bond acceptors (Lipinski definition) is 2. The highest BCUT2D eigenvalue weighted by Gasteiger charge is 2.20. The zero-order chi connectivity index (χ0) is 14.4. The third-order valence-corrected chi connectivity index (χ3v) is 3.35. The van der Waals surface area contributed by atoms with Gasteiger partial charge in [-0.05, 0) is 31.7 Å². The molecule has 0 fully saturated rings. The molecule has 0 aliphatic carbocycles. The number of nitrogens with one attached hydrogen (secondary N) is 1. The van der Waals surface area contributed by atoms with Crippen LogP contribution in [0.5, 0.6) is 0 Å². The van der Waals surface area contributed by atoms with Crippen LogP contribution < -0.4 is 11.1 Å². The first kappa shape index (κ1) is 15.7. The first-order valence-corrected chi connectivity index (χ1v) is 7.01. The van der Waals surface area contributed by atoms with Gasteiger partial charge in [-0.3, -0.25) is 4.79 Å². The van der Waals surface area contributed by atoms with Crippen molar-refractivity contribution < 1.29 is 4.79 Å². The number of benzene rings is 1. The Hall–Kier alpha value is -1.35. The lowest BCUT2D eigenvalue weighted by Gasteiger charge is -2.20. The molecule has 0 bridgehead atoms. The Morgan fingerprint density at radius 2 is 1.79 bits per heavy atom. The number of nitrogens with two attached hydrogens (primary N) is 1. The molecule has 0 spiro atoms. The zero-order valence-corrected chi connectivity index (χ0v) is 12.4. The number of carbonyl (C=O) groups excluding carboxylic acids is 1. The van der Waals surface area contributed by atoms with Crippen LogP contribution in [0.3, 0.4) is 0 Å². The SMILES string of the molecule is Cc1ccc([C@@H](C)NC(=O)C(CN)CC(C)C)cc1. The molecule has 1 aromatic rings. The maximum absolute atomic E-state index is 12.2. The summed E-state index contributed by atoms with van der Waals surface area (Å²) in [6.07, 6.45) is 0.836. The molecule has 1 aromatic carbocycles. The van der Waals surface area contributed by atoms with Crippen molar-refractivity contribution in [2.24, 2.45) is 17.6 Å². The second-order valence-corrected chi connectivity index (χ2v) is 5.70. The van der Waals surface area contributed by atoms with E-state index in [9.17, 15) is 4.79 Å². The quantitative estimate of drug-likeness (QED) is 0.828. The van der Waals surface area contributed by atoms with Gasteiger partial charge in [0.2, 0.25) is 5.91 Å². The van der Waals surface area contributed by atoms with Crippen molar-refractivity contribution in [1.82, 2.24) is 5.32 Å². The minimum absolute atomic E-state index is 0.0225. The second kappa shape index (κ2) is 7.29. The second-order valence-electron chi connectivity index (χ2n) is 5.70. The molecule has 0 saturated carbocycles. The van der Waals surface area contributed by atoms with Crippen molar-refractivity contribution in [3.05, 3.63) is 35.4 Å². The molecular weight excluding hydrogens is 236 g/mol. The van der Waals surface area contributed by atoms with Gasteiger partial charge in [-0.1, -0.05) is 43.7 Å². The molecule has 0 aromatic heterocycles. The molecule has 0 saturated heterocycles. The fourth-order valence-electron chi connectivity index (χ4n) is 2.15. The zero-order valence-electron chi connectivity index (χ0n) is 12.4. The Balaban J connectivity index is 2.62. The summed E-state index contributed by atoms with van der Waals surface area (Å²) in [7, 11) is 0. The third-order valence-electron chi connectivity index (χ3n) is 3.35. The summed E-state index contributed by atoms with van der Waals surface area (Å²) in [5, 5.41) is 3.05. The normalized spacial score (nSPS) is 14.2. The maximum atomic E-state index is 12.2. The lowest BCUT2D eigenvalue weighted by molar-refractivity contribution is -0.125. The number of carbonyl (C=O) groups is 1. The van der Waals surface area contributed by atoms with Gasteiger partial charge in [0, 0.05) is 6.54 Å². The van der Waals surface area contributed by atoms with Crippen molar-refractivity contribution in [1.29, 1.82) is 0 Å². The summed E-state index contributed by atoms with van der Waals surface area (Å²) in [6, 6.07) is 8.26. The highest BCUT2D eigenvalue weighted by atomic mass is 16.1. The van der Waals surface area contributed by atoms with E-state index in [0.717, 1.165) is 12.0 Å². The topological polar surface area (TPSA) is 55.1 Å². The fourth-order valence-corrected chi connectivity index (χ4v) is 2.15. The van der Waals surface area contributed by atoms with E-state index in [1.807, 2.05) is 6.92 Å². The average Bonchev–Trinajstić information content (AvgIpc) is 2.36. The minimum Gasteiger partial charge on any atom is -0.349 e. The summed E-state index contributed by atoms with van der Waals surface area (Å²) >= 11 is 0. The summed E-state index contributed by atoms with van der Waals surface area (Å²) in [5.41, 5.74) is 8.04. The van der Waals surface area contributed by atoms with Gasteiger partial charge in [0.1, 0.15) is 0 Å². The van der Waals surface area contributed by atoms with Gasteiger partial charge >= 0.3 is 0 Å². The molecule has 3 N–H and O–H groups in total. The van der Waals surface area contributed by atoms with Gasteiger partial charge in [0.15, 0.2) is 0 Å². The van der Waals surface area contributed by atoms with Crippen molar-refractivity contribution in [3.8, 4) is 0 Å². The fraction of sp³-hybridized carbons (Fsp3) is 0.562. The van der Waals surface area contributed by atoms with Gasteiger partial charge in [-0.15, -0.1) is 0 Å². The Labute approximate surface area is 116 Å². The Morgan fingerprint density at radius 3 is 2.26 bits per heavy atom. The molecule has 1 amide bonds. The monoisotopic (exact) mass is 262 g/mol.